The molecule has 0 aliphatic rings. The molecule has 0 aromatic heterocycles. The Bertz CT molecular complexity index is 1580. The molecule has 0 atom stereocenters. The summed E-state index contributed by atoms with van der Waals surface area (Å²) in [5.74, 6) is 4.81. The van der Waals surface area contributed by atoms with Crippen molar-refractivity contribution in [3.8, 4) is 34.1 Å². The second-order valence-corrected chi connectivity index (χ2v) is 7.93. The highest BCUT2D eigenvalue weighted by Crippen LogP contribution is 2.29. The van der Waals surface area contributed by atoms with Gasteiger partial charge >= 0.3 is 5.97 Å². The van der Waals surface area contributed by atoms with Crippen LogP contribution in [0.4, 0.5) is 4.39 Å². The number of aromatic carboxylic acids is 1. The zero-order valence-corrected chi connectivity index (χ0v) is 18.1. The molecule has 0 unspecified atom stereocenters. The summed E-state index contributed by atoms with van der Waals surface area (Å²) in [4.78, 5) is 11.8. The molecule has 0 amide bonds. The summed E-state index contributed by atoms with van der Waals surface area (Å²) in [6.07, 6.45) is 0. The number of hydrogen-bond acceptors (Lipinski definition) is 1. The van der Waals surface area contributed by atoms with Crippen LogP contribution in [0.3, 0.4) is 0 Å². The largest absolute Gasteiger partial charge is 0.478 e. The van der Waals surface area contributed by atoms with Crippen LogP contribution in [0, 0.1) is 17.7 Å². The Kier molecular flexibility index (Phi) is 5.64. The van der Waals surface area contributed by atoms with E-state index in [1.165, 1.54) is 23.6 Å². The number of hydrogen-bond donors (Lipinski definition) is 1. The average molecular weight is 442 g/mol. The molecule has 162 valence electrons. The van der Waals surface area contributed by atoms with E-state index in [4.69, 9.17) is 0 Å². The maximum absolute atomic E-state index is 13.3. The van der Waals surface area contributed by atoms with Gasteiger partial charge in [0.05, 0.1) is 5.56 Å². The fraction of sp³-hybridized carbons (Fsp3) is 0. The first-order valence-electron chi connectivity index (χ1n) is 10.8. The van der Waals surface area contributed by atoms with E-state index >= 15 is 0 Å². The number of benzene rings is 5. The van der Waals surface area contributed by atoms with E-state index in [1.807, 2.05) is 42.5 Å². The molecule has 0 saturated carbocycles. The van der Waals surface area contributed by atoms with E-state index in [0.29, 0.717) is 5.56 Å². The van der Waals surface area contributed by atoms with Crippen LogP contribution in [0.15, 0.2) is 109 Å². The minimum absolute atomic E-state index is 0.128. The lowest BCUT2D eigenvalue weighted by Crippen LogP contribution is -2.00. The van der Waals surface area contributed by atoms with Crippen molar-refractivity contribution < 1.29 is 14.3 Å². The minimum Gasteiger partial charge on any atom is -0.478 e. The Morgan fingerprint density at radius 2 is 1.41 bits per heavy atom. The van der Waals surface area contributed by atoms with Gasteiger partial charge in [0, 0.05) is 11.1 Å². The van der Waals surface area contributed by atoms with Gasteiger partial charge in [-0.3, -0.25) is 0 Å². The van der Waals surface area contributed by atoms with Gasteiger partial charge in [-0.15, -0.1) is 0 Å². The van der Waals surface area contributed by atoms with Crippen LogP contribution in [0.2, 0.25) is 0 Å². The fourth-order valence-electron chi connectivity index (χ4n) is 4.04. The fourth-order valence-corrected chi connectivity index (χ4v) is 4.04. The van der Waals surface area contributed by atoms with Crippen molar-refractivity contribution in [3.05, 3.63) is 132 Å². The molecule has 0 spiro atoms. The van der Waals surface area contributed by atoms with Gasteiger partial charge in [-0.1, -0.05) is 84.6 Å². The number of rotatable bonds is 3. The molecule has 0 aliphatic carbocycles. The molecule has 2 nitrogen and oxygen atoms in total. The molecule has 0 radical (unpaired) electrons. The number of carbonyl (C=O) groups is 1. The maximum Gasteiger partial charge on any atom is 0.336 e. The topological polar surface area (TPSA) is 37.3 Å². The summed E-state index contributed by atoms with van der Waals surface area (Å²) in [5.41, 5.74) is 5.05. The van der Waals surface area contributed by atoms with Gasteiger partial charge in [-0.25, -0.2) is 9.18 Å². The number of halogens is 1. The van der Waals surface area contributed by atoms with Gasteiger partial charge in [0.15, 0.2) is 0 Å². The zero-order chi connectivity index (χ0) is 23.5. The first-order valence-corrected chi connectivity index (χ1v) is 10.8. The Morgan fingerprint density at radius 1 is 0.676 bits per heavy atom. The predicted molar refractivity (Wildman–Crippen MR) is 134 cm³/mol. The number of carboxylic acids is 1. The molecule has 34 heavy (non-hydrogen) atoms. The monoisotopic (exact) mass is 442 g/mol. The Morgan fingerprint density at radius 3 is 2.24 bits per heavy atom. The van der Waals surface area contributed by atoms with Gasteiger partial charge in [0.2, 0.25) is 0 Å². The van der Waals surface area contributed by atoms with Crippen LogP contribution in [-0.2, 0) is 0 Å². The third kappa shape index (κ3) is 4.30. The first-order chi connectivity index (χ1) is 16.6. The van der Waals surface area contributed by atoms with E-state index in [-0.39, 0.29) is 11.4 Å². The molecular weight excluding hydrogens is 423 g/mol. The molecular formula is C31H19FO2. The van der Waals surface area contributed by atoms with Crippen molar-refractivity contribution in [3.63, 3.8) is 0 Å². The second-order valence-electron chi connectivity index (χ2n) is 7.93. The molecule has 0 fully saturated rings. The summed E-state index contributed by atoms with van der Waals surface area (Å²) < 4.78 is 13.3. The van der Waals surface area contributed by atoms with Crippen molar-refractivity contribution in [2.45, 2.75) is 0 Å². The highest BCUT2D eigenvalue weighted by atomic mass is 19.1. The van der Waals surface area contributed by atoms with Crippen molar-refractivity contribution in [1.82, 2.24) is 0 Å². The first kappa shape index (κ1) is 21.2. The molecule has 5 rings (SSSR count). The summed E-state index contributed by atoms with van der Waals surface area (Å²) in [6.45, 7) is 0. The molecule has 5 aromatic rings. The Labute approximate surface area is 196 Å². The van der Waals surface area contributed by atoms with Crippen LogP contribution in [0.5, 0.6) is 0 Å². The van der Waals surface area contributed by atoms with Crippen molar-refractivity contribution in [2.24, 2.45) is 0 Å². The summed E-state index contributed by atoms with van der Waals surface area (Å²) in [7, 11) is 0. The molecule has 0 saturated heterocycles. The molecule has 5 aromatic carbocycles. The van der Waals surface area contributed by atoms with Gasteiger partial charge in [0.1, 0.15) is 5.82 Å². The zero-order valence-electron chi connectivity index (χ0n) is 18.1. The van der Waals surface area contributed by atoms with Crippen LogP contribution < -0.4 is 0 Å². The highest BCUT2D eigenvalue weighted by Gasteiger charge is 2.10. The summed E-state index contributed by atoms with van der Waals surface area (Å²) in [5, 5.41) is 12.0. The lowest BCUT2D eigenvalue weighted by molar-refractivity contribution is 0.0696. The molecule has 0 bridgehead atoms. The quantitative estimate of drug-likeness (QED) is 0.295. The molecule has 0 heterocycles. The number of carboxylic acid groups (broad SMARTS) is 1. The van der Waals surface area contributed by atoms with Crippen molar-refractivity contribution in [1.29, 1.82) is 0 Å². The van der Waals surface area contributed by atoms with Crippen LogP contribution >= 0.6 is 0 Å². The maximum atomic E-state index is 13.3. The minimum atomic E-state index is -1.04. The van der Waals surface area contributed by atoms with Gasteiger partial charge in [-0.2, -0.15) is 0 Å². The third-order valence-electron chi connectivity index (χ3n) is 5.73. The van der Waals surface area contributed by atoms with Gasteiger partial charge < -0.3 is 5.11 Å². The Balaban J connectivity index is 1.55. The lowest BCUT2D eigenvalue weighted by Gasteiger charge is -2.07. The standard InChI is InChI=1S/C31H19FO2/c32-27-16-13-22(14-17-27)24-15-18-30(31(33)34)26(20-24)12-11-21-5-3-8-25(19-21)29-10-4-7-23-6-1-2-9-28(23)29/h1-10,13-20H,(H,33,34). The van der Waals surface area contributed by atoms with Gasteiger partial charge in [-0.05, 0) is 69.4 Å². The van der Waals surface area contributed by atoms with Gasteiger partial charge in [0.25, 0.3) is 0 Å². The van der Waals surface area contributed by atoms with Crippen LogP contribution in [0.1, 0.15) is 21.5 Å². The van der Waals surface area contributed by atoms with Crippen LogP contribution in [0.25, 0.3) is 33.0 Å². The SMILES string of the molecule is O=C(O)c1ccc(-c2ccc(F)cc2)cc1C#Cc1cccc(-c2cccc3ccccc23)c1. The molecule has 0 aliphatic heterocycles. The molecule has 1 N–H and O–H groups in total. The van der Waals surface area contributed by atoms with Crippen LogP contribution in [-0.4, -0.2) is 11.1 Å². The second kappa shape index (κ2) is 9.05. The van der Waals surface area contributed by atoms with E-state index in [1.54, 1.807) is 24.3 Å². The van der Waals surface area contributed by atoms with E-state index in [0.717, 1.165) is 33.2 Å². The van der Waals surface area contributed by atoms with Crippen molar-refractivity contribution >= 4 is 16.7 Å². The average Bonchev–Trinajstić information content (AvgIpc) is 2.87. The highest BCUT2D eigenvalue weighted by molar-refractivity contribution is 5.97. The smallest absolute Gasteiger partial charge is 0.336 e. The van der Waals surface area contributed by atoms with Crippen molar-refractivity contribution in [2.75, 3.05) is 0 Å². The number of fused-ring (bicyclic) bond motifs is 1. The predicted octanol–water partition coefficient (Wildman–Crippen LogP) is 7.41. The summed E-state index contributed by atoms with van der Waals surface area (Å²) in [6, 6.07) is 33.4. The summed E-state index contributed by atoms with van der Waals surface area (Å²) >= 11 is 0. The van der Waals surface area contributed by atoms with E-state index in [2.05, 4.69) is 36.1 Å². The lowest BCUT2D eigenvalue weighted by atomic mass is 9.96. The Hall–Kier alpha value is -4.68. The van der Waals surface area contributed by atoms with E-state index < -0.39 is 5.97 Å². The molecule has 3 heteroatoms. The third-order valence-corrected chi connectivity index (χ3v) is 5.73. The normalized spacial score (nSPS) is 10.5. The van der Waals surface area contributed by atoms with E-state index in [9.17, 15) is 14.3 Å².